The third-order valence-corrected chi connectivity index (χ3v) is 11.7. The van der Waals surface area contributed by atoms with Crippen molar-refractivity contribution in [2.75, 3.05) is 0 Å². The van der Waals surface area contributed by atoms with Crippen molar-refractivity contribution in [1.82, 2.24) is 0 Å². The minimum Gasteiger partial charge on any atom is -0.194 e. The quantitative estimate of drug-likeness (QED) is 0.0888. The highest BCUT2D eigenvalue weighted by atomic mass is 35.5. The SMILES string of the molecule is Clc1ccc2c(ccc[n+]2Cc2ccccc2)c1.FC(F)(F)c1cc([B-](c2cc(C(F)(F)F)cc(C(F)(F)F)c2)(c2cc(C(F)(F)F)cc(C(F)(F)F)c2)c2cc(C(F)(F)F)cc(C(F)(F)F)c2)cc(C(F)(F)F)c1. The molecule has 27 heteroatoms. The van der Waals surface area contributed by atoms with Crippen molar-refractivity contribution in [1.29, 1.82) is 0 Å². The Balaban J connectivity index is 0.000000421. The van der Waals surface area contributed by atoms with Gasteiger partial charge in [0.15, 0.2) is 12.7 Å². The molecule has 0 bridgehead atoms. The first-order chi connectivity index (χ1) is 34.1. The van der Waals surface area contributed by atoms with E-state index in [4.69, 9.17) is 11.6 Å². The Morgan fingerprint density at radius 1 is 0.320 bits per heavy atom. The maximum atomic E-state index is 14.2. The zero-order valence-corrected chi connectivity index (χ0v) is 37.2. The summed E-state index contributed by atoms with van der Waals surface area (Å²) in [5, 5.41) is 1.95. The maximum Gasteiger partial charge on any atom is 0.416 e. The van der Waals surface area contributed by atoms with E-state index in [0.717, 1.165) is 11.6 Å². The van der Waals surface area contributed by atoms with Crippen molar-refractivity contribution >= 4 is 50.5 Å². The summed E-state index contributed by atoms with van der Waals surface area (Å²) in [4.78, 5) is 0. The molecule has 0 aliphatic rings. The molecule has 0 radical (unpaired) electrons. The van der Waals surface area contributed by atoms with Gasteiger partial charge in [-0.3, -0.25) is 0 Å². The molecule has 0 aliphatic carbocycles. The first kappa shape index (κ1) is 57.7. The van der Waals surface area contributed by atoms with Crippen LogP contribution in [0.1, 0.15) is 50.1 Å². The Morgan fingerprint density at radius 2 is 0.600 bits per heavy atom. The lowest BCUT2D eigenvalue weighted by Crippen LogP contribution is -2.75. The number of rotatable bonds is 6. The Morgan fingerprint density at radius 3 is 0.867 bits per heavy atom. The average Bonchev–Trinajstić information content (AvgIpc) is 3.27. The predicted molar refractivity (Wildman–Crippen MR) is 225 cm³/mol. The van der Waals surface area contributed by atoms with Crippen molar-refractivity contribution in [3.05, 3.63) is 195 Å². The van der Waals surface area contributed by atoms with Crippen molar-refractivity contribution in [2.45, 2.75) is 56.0 Å². The first-order valence-electron chi connectivity index (χ1n) is 20.6. The number of aromatic nitrogens is 1. The summed E-state index contributed by atoms with van der Waals surface area (Å²) < 4.78 is 343. The van der Waals surface area contributed by atoms with Gasteiger partial charge < -0.3 is 0 Å². The Bertz CT molecular complexity index is 2760. The van der Waals surface area contributed by atoms with E-state index in [1.54, 1.807) is 0 Å². The standard InChI is InChI=1S/C32H12BF24.C16H13ClN/c34-25(35,36)13-1-14(26(37,38)39)6-21(5-13)33(22-7-15(27(40,41)42)2-16(8-22)28(43,44)45,23-9-17(29(46,47)48)3-18(10-23)30(49,50)51)24-11-19(31(52,53)54)4-20(12-24)32(55,56)57;17-15-8-9-16-14(11-15)7-4-10-18(16)12-13-5-2-1-3-6-13/h1-12H;1-11H,12H2/q-1;+1. The molecule has 0 amide bonds. The second-order valence-corrected chi connectivity index (χ2v) is 17.0. The summed E-state index contributed by atoms with van der Waals surface area (Å²) in [6, 6.07) is 11.8. The van der Waals surface area contributed by atoms with Gasteiger partial charge in [0.05, 0.1) is 44.5 Å². The van der Waals surface area contributed by atoms with Crippen molar-refractivity contribution < 1.29 is 110 Å². The summed E-state index contributed by atoms with van der Waals surface area (Å²) in [6.07, 6.45) is -52.7. The number of pyridine rings is 1. The highest BCUT2D eigenvalue weighted by molar-refractivity contribution is 7.20. The van der Waals surface area contributed by atoms with Gasteiger partial charge in [0.1, 0.15) is 6.15 Å². The molecule has 1 heterocycles. The molecule has 7 aromatic rings. The highest BCUT2D eigenvalue weighted by Crippen LogP contribution is 2.41. The molecule has 75 heavy (non-hydrogen) atoms. The van der Waals surface area contributed by atoms with Crippen LogP contribution in [0.15, 0.2) is 140 Å². The van der Waals surface area contributed by atoms with E-state index in [1.165, 1.54) is 16.5 Å². The molecule has 1 nitrogen and oxygen atoms in total. The van der Waals surface area contributed by atoms with Crippen molar-refractivity contribution in [3.63, 3.8) is 0 Å². The van der Waals surface area contributed by atoms with Crippen molar-refractivity contribution in [2.24, 2.45) is 0 Å². The minimum atomic E-state index is -6.13. The Kier molecular flexibility index (Phi) is 15.3. The molecule has 0 aliphatic heterocycles. The molecule has 0 fully saturated rings. The molecule has 400 valence electrons. The molecule has 1 aromatic heterocycles. The summed E-state index contributed by atoms with van der Waals surface area (Å²) in [5.74, 6) is 0. The number of nitrogens with zero attached hydrogens (tertiary/aromatic N) is 1. The third-order valence-electron chi connectivity index (χ3n) is 11.5. The average molecular weight is 1120 g/mol. The first-order valence-corrected chi connectivity index (χ1v) is 20.9. The van der Waals surface area contributed by atoms with E-state index < -0.39 is 195 Å². The lowest BCUT2D eigenvalue weighted by molar-refractivity contribution is -0.662. The van der Waals surface area contributed by atoms with Crippen LogP contribution in [0, 0.1) is 0 Å². The van der Waals surface area contributed by atoms with E-state index in [9.17, 15) is 105 Å². The summed E-state index contributed by atoms with van der Waals surface area (Å²) >= 11 is 6.02. The van der Waals surface area contributed by atoms with Gasteiger partial charge in [-0.2, -0.15) is 132 Å². The fraction of sp³-hybridized carbons (Fsp3) is 0.188. The van der Waals surface area contributed by atoms with E-state index in [-0.39, 0.29) is 0 Å². The fourth-order valence-corrected chi connectivity index (χ4v) is 8.42. The summed E-state index contributed by atoms with van der Waals surface area (Å²) in [5.41, 5.74) is -27.7. The van der Waals surface area contributed by atoms with Crippen LogP contribution in [-0.4, -0.2) is 6.15 Å². The molecule has 0 unspecified atom stereocenters. The van der Waals surface area contributed by atoms with Gasteiger partial charge in [-0.15, -0.1) is 0 Å². The molecule has 7 rings (SSSR count). The van der Waals surface area contributed by atoms with Gasteiger partial charge in [-0.1, -0.05) is 90.5 Å². The number of hydrogen-bond donors (Lipinski definition) is 0. The van der Waals surface area contributed by atoms with Crippen LogP contribution < -0.4 is 26.4 Å². The van der Waals surface area contributed by atoms with Crippen LogP contribution in [0.3, 0.4) is 0 Å². The number of hydrogen-bond acceptors (Lipinski definition) is 0. The monoisotopic (exact) mass is 1120 g/mol. The third kappa shape index (κ3) is 13.1. The van der Waals surface area contributed by atoms with E-state index in [0.29, 0.717) is 0 Å². The van der Waals surface area contributed by atoms with E-state index in [1.807, 2.05) is 18.2 Å². The van der Waals surface area contributed by atoms with Gasteiger partial charge in [0.25, 0.3) is 0 Å². The second kappa shape index (κ2) is 19.8. The van der Waals surface area contributed by atoms with Crippen LogP contribution in [0.5, 0.6) is 0 Å². The summed E-state index contributed by atoms with van der Waals surface area (Å²) in [6.45, 7) is 0.875. The lowest BCUT2D eigenvalue weighted by atomic mass is 9.12. The number of benzene rings is 6. The molecular weight excluding hydrogens is 1090 g/mol. The zero-order valence-electron chi connectivity index (χ0n) is 36.5. The molecule has 0 N–H and O–H groups in total. The van der Waals surface area contributed by atoms with Gasteiger partial charge >= 0.3 is 49.4 Å². The maximum absolute atomic E-state index is 14.2. The van der Waals surface area contributed by atoms with Crippen LogP contribution in [0.4, 0.5) is 105 Å². The number of alkyl halides is 24. The lowest BCUT2D eigenvalue weighted by Gasteiger charge is -2.46. The normalized spacial score (nSPS) is 13.5. The molecule has 0 spiro atoms. The smallest absolute Gasteiger partial charge is 0.194 e. The molecule has 0 atom stereocenters. The molecule has 6 aromatic carbocycles. The van der Waals surface area contributed by atoms with Crippen LogP contribution in [0.2, 0.25) is 5.02 Å². The topological polar surface area (TPSA) is 3.88 Å². The Hall–Kier alpha value is -6.60. The van der Waals surface area contributed by atoms with Crippen LogP contribution in [-0.2, 0) is 56.0 Å². The van der Waals surface area contributed by atoms with Crippen molar-refractivity contribution in [3.8, 4) is 0 Å². The molecular formula is C48H25BClF24N. The predicted octanol–water partition coefficient (Wildman–Crippen LogP) is 15.0. The van der Waals surface area contributed by atoms with E-state index >= 15 is 0 Å². The van der Waals surface area contributed by atoms with Gasteiger partial charge in [-0.25, -0.2) is 0 Å². The Labute approximate surface area is 410 Å². The van der Waals surface area contributed by atoms with Gasteiger partial charge in [-0.05, 0) is 42.5 Å². The number of fused-ring (bicyclic) bond motifs is 1. The fourth-order valence-electron chi connectivity index (χ4n) is 8.24. The van der Waals surface area contributed by atoms with Gasteiger partial charge in [0.2, 0.25) is 5.52 Å². The minimum absolute atomic E-state index is 0.691. The van der Waals surface area contributed by atoms with E-state index in [2.05, 4.69) is 53.2 Å². The highest BCUT2D eigenvalue weighted by Gasteiger charge is 2.47. The second-order valence-electron chi connectivity index (χ2n) is 16.5. The van der Waals surface area contributed by atoms with Crippen LogP contribution >= 0.6 is 11.6 Å². The van der Waals surface area contributed by atoms with Gasteiger partial charge in [0, 0.05) is 28.1 Å². The summed E-state index contributed by atoms with van der Waals surface area (Å²) in [7, 11) is 0. The molecule has 0 saturated heterocycles. The zero-order chi connectivity index (χ0) is 56.3. The largest absolute Gasteiger partial charge is 0.416 e. The van der Waals surface area contributed by atoms with Crippen LogP contribution in [0.25, 0.3) is 10.9 Å². The number of halogens is 25. The molecule has 0 saturated carbocycles.